The predicted molar refractivity (Wildman–Crippen MR) is 95.3 cm³/mol. The number of rotatable bonds is 5. The summed E-state index contributed by atoms with van der Waals surface area (Å²) in [7, 11) is 0. The Morgan fingerprint density at radius 3 is 2.54 bits per heavy atom. The lowest BCUT2D eigenvalue weighted by Crippen LogP contribution is -2.61. The van der Waals surface area contributed by atoms with Gasteiger partial charge < -0.3 is 19.4 Å². The molecule has 140 valence electrons. The van der Waals surface area contributed by atoms with Gasteiger partial charge in [-0.15, -0.1) is 0 Å². The maximum atomic E-state index is 12.6. The minimum atomic E-state index is -0.614. The smallest absolute Gasteiger partial charge is 0.245 e. The molecule has 3 rings (SSSR count). The molecule has 0 radical (unpaired) electrons. The number of amides is 3. The number of nitrogens with zero attached hydrogens (tertiary/aromatic N) is 3. The minimum Gasteiger partial charge on any atom is -0.378 e. The first-order valence-corrected chi connectivity index (χ1v) is 9.04. The van der Waals surface area contributed by atoms with E-state index in [1.807, 2.05) is 30.3 Å². The van der Waals surface area contributed by atoms with Gasteiger partial charge >= 0.3 is 0 Å². The molecule has 0 unspecified atom stereocenters. The highest BCUT2D eigenvalue weighted by atomic mass is 16.5. The molecule has 2 aliphatic heterocycles. The second-order valence-corrected chi connectivity index (χ2v) is 6.69. The van der Waals surface area contributed by atoms with Crippen LogP contribution in [0, 0.1) is 0 Å². The van der Waals surface area contributed by atoms with E-state index in [1.165, 1.54) is 4.90 Å². The van der Waals surface area contributed by atoms with Crippen LogP contribution in [0.2, 0.25) is 0 Å². The molecule has 2 saturated heterocycles. The molecule has 7 nitrogen and oxygen atoms in total. The molecule has 0 spiro atoms. The van der Waals surface area contributed by atoms with E-state index < -0.39 is 6.04 Å². The maximum absolute atomic E-state index is 12.6. The Bertz CT molecular complexity index is 658. The number of carbonyl (C=O) groups is 3. The van der Waals surface area contributed by atoms with Gasteiger partial charge in [0.05, 0.1) is 19.8 Å². The third-order valence-corrected chi connectivity index (χ3v) is 4.97. The summed E-state index contributed by atoms with van der Waals surface area (Å²) < 4.78 is 5.24. The molecular weight excluding hydrogens is 334 g/mol. The van der Waals surface area contributed by atoms with Gasteiger partial charge in [0.15, 0.2) is 0 Å². The van der Waals surface area contributed by atoms with Crippen molar-refractivity contribution in [3.05, 3.63) is 35.9 Å². The standard InChI is InChI=1S/C19H25N3O4/c1-15-19(25)21(8-7-16-5-3-2-4-6-16)13-18(24)22(15)14-17(23)20-9-11-26-12-10-20/h2-6,15H,7-14H2,1H3/t15-/m0/s1. The Morgan fingerprint density at radius 1 is 1.15 bits per heavy atom. The SMILES string of the molecule is C[C@H]1C(=O)N(CCc2ccccc2)CC(=O)N1CC(=O)N1CCOCC1. The van der Waals surface area contributed by atoms with Crippen LogP contribution >= 0.6 is 0 Å². The van der Waals surface area contributed by atoms with Gasteiger partial charge in [-0.3, -0.25) is 14.4 Å². The summed E-state index contributed by atoms with van der Waals surface area (Å²) in [6, 6.07) is 9.27. The largest absolute Gasteiger partial charge is 0.378 e. The van der Waals surface area contributed by atoms with Crippen molar-refractivity contribution in [3.8, 4) is 0 Å². The number of ether oxygens (including phenoxy) is 1. The summed E-state index contributed by atoms with van der Waals surface area (Å²) >= 11 is 0. The van der Waals surface area contributed by atoms with E-state index in [0.29, 0.717) is 39.3 Å². The van der Waals surface area contributed by atoms with Gasteiger partial charge in [0.2, 0.25) is 17.7 Å². The highest BCUT2D eigenvalue weighted by Gasteiger charge is 2.37. The van der Waals surface area contributed by atoms with Crippen LogP contribution in [0.1, 0.15) is 12.5 Å². The van der Waals surface area contributed by atoms with Crippen molar-refractivity contribution in [2.45, 2.75) is 19.4 Å². The Morgan fingerprint density at radius 2 is 1.85 bits per heavy atom. The van der Waals surface area contributed by atoms with Crippen LogP contribution in [0.25, 0.3) is 0 Å². The predicted octanol–water partition coefficient (Wildman–Crippen LogP) is 0.147. The normalized spacial score (nSPS) is 21.3. The van der Waals surface area contributed by atoms with E-state index in [9.17, 15) is 14.4 Å². The zero-order valence-electron chi connectivity index (χ0n) is 15.1. The highest BCUT2D eigenvalue weighted by Crippen LogP contribution is 2.14. The second kappa shape index (κ2) is 8.31. The van der Waals surface area contributed by atoms with Crippen LogP contribution in [-0.4, -0.2) is 84.4 Å². The van der Waals surface area contributed by atoms with Crippen molar-refractivity contribution in [2.24, 2.45) is 0 Å². The van der Waals surface area contributed by atoms with Crippen molar-refractivity contribution in [1.82, 2.24) is 14.7 Å². The van der Waals surface area contributed by atoms with Gasteiger partial charge in [-0.2, -0.15) is 0 Å². The van der Waals surface area contributed by atoms with Crippen LogP contribution in [0.15, 0.2) is 30.3 Å². The zero-order valence-corrected chi connectivity index (χ0v) is 15.1. The number of piperazine rings is 1. The first kappa shape index (κ1) is 18.4. The maximum Gasteiger partial charge on any atom is 0.245 e. The first-order chi connectivity index (χ1) is 12.6. The van der Waals surface area contributed by atoms with Crippen LogP contribution in [-0.2, 0) is 25.5 Å². The number of morpholine rings is 1. The van der Waals surface area contributed by atoms with Crippen LogP contribution in [0.5, 0.6) is 0 Å². The molecular formula is C19H25N3O4. The molecule has 0 bridgehead atoms. The average Bonchev–Trinajstić information content (AvgIpc) is 2.68. The Labute approximate surface area is 153 Å². The molecule has 0 aromatic heterocycles. The number of carbonyl (C=O) groups excluding carboxylic acids is 3. The first-order valence-electron chi connectivity index (χ1n) is 9.04. The van der Waals surface area contributed by atoms with Crippen LogP contribution < -0.4 is 0 Å². The quantitative estimate of drug-likeness (QED) is 0.750. The molecule has 0 saturated carbocycles. The van der Waals surface area contributed by atoms with E-state index >= 15 is 0 Å². The molecule has 26 heavy (non-hydrogen) atoms. The lowest BCUT2D eigenvalue weighted by molar-refractivity contribution is -0.158. The molecule has 0 N–H and O–H groups in total. The number of benzene rings is 1. The van der Waals surface area contributed by atoms with E-state index in [-0.39, 0.29) is 30.8 Å². The van der Waals surface area contributed by atoms with Gasteiger partial charge in [0, 0.05) is 19.6 Å². The highest BCUT2D eigenvalue weighted by molar-refractivity contribution is 5.96. The second-order valence-electron chi connectivity index (χ2n) is 6.69. The van der Waals surface area contributed by atoms with Crippen LogP contribution in [0.4, 0.5) is 0 Å². The van der Waals surface area contributed by atoms with Gasteiger partial charge in [-0.25, -0.2) is 0 Å². The van der Waals surface area contributed by atoms with Gasteiger partial charge in [-0.1, -0.05) is 30.3 Å². The van der Waals surface area contributed by atoms with Crippen molar-refractivity contribution in [1.29, 1.82) is 0 Å². The molecule has 2 heterocycles. The summed E-state index contributed by atoms with van der Waals surface area (Å²) in [6.07, 6.45) is 0.708. The van der Waals surface area contributed by atoms with Gasteiger partial charge in [-0.05, 0) is 18.9 Å². The van der Waals surface area contributed by atoms with Crippen molar-refractivity contribution in [2.75, 3.05) is 45.9 Å². The van der Waals surface area contributed by atoms with E-state index in [2.05, 4.69) is 0 Å². The van der Waals surface area contributed by atoms with Crippen molar-refractivity contribution < 1.29 is 19.1 Å². The Balaban J connectivity index is 1.57. The third-order valence-electron chi connectivity index (χ3n) is 4.97. The summed E-state index contributed by atoms with van der Waals surface area (Å²) in [5, 5.41) is 0. The molecule has 3 amide bonds. The minimum absolute atomic E-state index is 0.0341. The number of hydrogen-bond acceptors (Lipinski definition) is 4. The third kappa shape index (κ3) is 4.22. The average molecular weight is 359 g/mol. The zero-order chi connectivity index (χ0) is 18.5. The van der Waals surface area contributed by atoms with E-state index in [4.69, 9.17) is 4.74 Å². The Hall–Kier alpha value is -2.41. The van der Waals surface area contributed by atoms with Crippen molar-refractivity contribution in [3.63, 3.8) is 0 Å². The fourth-order valence-electron chi connectivity index (χ4n) is 3.33. The molecule has 1 aromatic carbocycles. The topological polar surface area (TPSA) is 70.2 Å². The fourth-order valence-corrected chi connectivity index (χ4v) is 3.33. The molecule has 2 fully saturated rings. The lowest BCUT2D eigenvalue weighted by Gasteiger charge is -2.39. The monoisotopic (exact) mass is 359 g/mol. The van der Waals surface area contributed by atoms with E-state index in [1.54, 1.807) is 16.7 Å². The van der Waals surface area contributed by atoms with Crippen LogP contribution in [0.3, 0.4) is 0 Å². The summed E-state index contributed by atoms with van der Waals surface area (Å²) in [5.74, 6) is -0.402. The lowest BCUT2D eigenvalue weighted by atomic mass is 10.1. The molecule has 1 aromatic rings. The summed E-state index contributed by atoms with van der Waals surface area (Å²) in [4.78, 5) is 42.3. The molecule has 0 aliphatic carbocycles. The summed E-state index contributed by atoms with van der Waals surface area (Å²) in [6.45, 7) is 4.29. The number of hydrogen-bond donors (Lipinski definition) is 0. The Kier molecular flexibility index (Phi) is 5.88. The fraction of sp³-hybridized carbons (Fsp3) is 0.526. The molecule has 7 heteroatoms. The van der Waals surface area contributed by atoms with Gasteiger partial charge in [0.1, 0.15) is 12.6 Å². The van der Waals surface area contributed by atoms with E-state index in [0.717, 1.165) is 5.56 Å². The summed E-state index contributed by atoms with van der Waals surface area (Å²) in [5.41, 5.74) is 1.13. The van der Waals surface area contributed by atoms with Crippen molar-refractivity contribution >= 4 is 17.7 Å². The van der Waals surface area contributed by atoms with Gasteiger partial charge in [0.25, 0.3) is 0 Å². The molecule has 2 aliphatic rings. The molecule has 1 atom stereocenters.